The maximum atomic E-state index is 2.30. The van der Waals surface area contributed by atoms with Crippen LogP contribution in [0.1, 0.15) is 285 Å². The molecule has 0 aliphatic heterocycles. The molecule has 0 spiro atoms. The van der Waals surface area contributed by atoms with Crippen molar-refractivity contribution in [2.75, 3.05) is 23.0 Å². The molecule has 0 aliphatic carbocycles. The monoisotopic (exact) mass is 933 g/mol. The molecular weight excluding hydrogens is 833 g/mol. The SMILES string of the molecule is CCCCCCCCCCCCSSSCCCCCCCCCCCC.CCCCCCCCCCCCSSSSSCCCCCCCCCCCC. The molecule has 0 fully saturated rings. The predicted molar refractivity (Wildman–Crippen MR) is 288 cm³/mol. The summed E-state index contributed by atoms with van der Waals surface area (Å²) in [5.74, 6) is 5.37. The largest absolute Gasteiger partial charge is 0.0826 e. The van der Waals surface area contributed by atoms with Crippen molar-refractivity contribution in [3.05, 3.63) is 0 Å². The lowest BCUT2D eigenvalue weighted by Crippen LogP contribution is -1.83. The first-order valence-electron chi connectivity index (χ1n) is 25.0. The van der Waals surface area contributed by atoms with Gasteiger partial charge in [0.25, 0.3) is 0 Å². The van der Waals surface area contributed by atoms with Gasteiger partial charge in [-0.2, -0.15) is 0 Å². The van der Waals surface area contributed by atoms with Gasteiger partial charge in [0.1, 0.15) is 0 Å². The van der Waals surface area contributed by atoms with Gasteiger partial charge < -0.3 is 0 Å². The van der Waals surface area contributed by atoms with Crippen molar-refractivity contribution < 1.29 is 0 Å². The van der Waals surface area contributed by atoms with Crippen LogP contribution in [-0.4, -0.2) is 23.0 Å². The minimum atomic E-state index is 1.33. The highest BCUT2D eigenvalue weighted by Crippen LogP contribution is 2.48. The fourth-order valence-corrected chi connectivity index (χ4v) is 19.8. The average molecular weight is 934 g/mol. The number of unbranched alkanes of at least 4 members (excludes halogenated alkanes) is 36. The van der Waals surface area contributed by atoms with Crippen LogP contribution in [0.4, 0.5) is 0 Å². The quantitative estimate of drug-likeness (QED) is 0.0432. The van der Waals surface area contributed by atoms with E-state index < -0.39 is 0 Å². The van der Waals surface area contributed by atoms with Crippen LogP contribution in [0.25, 0.3) is 0 Å². The van der Waals surface area contributed by atoms with Gasteiger partial charge >= 0.3 is 0 Å². The highest BCUT2D eigenvalue weighted by Gasteiger charge is 1.99. The smallest absolute Gasteiger partial charge is 0.00454 e. The third-order valence-corrected chi connectivity index (χ3v) is 23.8. The lowest BCUT2D eigenvalue weighted by Gasteiger charge is -2.03. The Morgan fingerprint density at radius 3 is 0.518 bits per heavy atom. The van der Waals surface area contributed by atoms with E-state index >= 15 is 0 Å². The van der Waals surface area contributed by atoms with Gasteiger partial charge in [-0.25, -0.2) is 0 Å². The Bertz CT molecular complexity index is 576. The molecule has 0 amide bonds. The summed E-state index contributed by atoms with van der Waals surface area (Å²) in [5, 5.41) is 0. The van der Waals surface area contributed by atoms with Crippen LogP contribution in [0.5, 0.6) is 0 Å². The van der Waals surface area contributed by atoms with E-state index in [0.29, 0.717) is 0 Å². The maximum Gasteiger partial charge on any atom is 0.00454 e. The zero-order valence-corrected chi connectivity index (χ0v) is 44.9. The third kappa shape index (κ3) is 63.4. The summed E-state index contributed by atoms with van der Waals surface area (Å²) in [7, 11) is 16.3. The fourth-order valence-electron chi connectivity index (χ4n) is 6.81. The van der Waals surface area contributed by atoms with E-state index in [9.17, 15) is 0 Å². The Labute approximate surface area is 386 Å². The Morgan fingerprint density at radius 2 is 0.321 bits per heavy atom. The van der Waals surface area contributed by atoms with Gasteiger partial charge in [0.2, 0.25) is 0 Å². The van der Waals surface area contributed by atoms with Gasteiger partial charge in [-0.3, -0.25) is 0 Å². The summed E-state index contributed by atoms with van der Waals surface area (Å²) in [6.45, 7) is 9.19. The van der Waals surface area contributed by atoms with Gasteiger partial charge in [-0.15, -0.1) is 0 Å². The normalized spacial score (nSPS) is 11.4. The van der Waals surface area contributed by atoms with Crippen LogP contribution in [-0.2, 0) is 0 Å². The predicted octanol–water partition coefficient (Wildman–Crippen LogP) is 23.0. The second kappa shape index (κ2) is 62.1. The number of rotatable bonds is 50. The van der Waals surface area contributed by atoms with Crippen LogP contribution in [0.3, 0.4) is 0 Å². The highest BCUT2D eigenvalue weighted by atomic mass is 33.8. The second-order valence-electron chi connectivity index (χ2n) is 16.3. The molecule has 0 rings (SSSR count). The van der Waals surface area contributed by atoms with Crippen LogP contribution in [0, 0.1) is 0 Å². The minimum absolute atomic E-state index is 1.33. The lowest BCUT2D eigenvalue weighted by molar-refractivity contribution is 0.563. The van der Waals surface area contributed by atoms with Gasteiger partial charge in [0.05, 0.1) is 0 Å². The molecule has 0 saturated heterocycles. The maximum absolute atomic E-state index is 2.30. The molecule has 0 radical (unpaired) electrons. The zero-order valence-electron chi connectivity index (χ0n) is 38.4. The van der Waals surface area contributed by atoms with Crippen LogP contribution in [0.15, 0.2) is 0 Å². The van der Waals surface area contributed by atoms with E-state index in [2.05, 4.69) is 70.9 Å². The lowest BCUT2D eigenvalue weighted by atomic mass is 10.1. The Morgan fingerprint density at radius 1 is 0.161 bits per heavy atom. The van der Waals surface area contributed by atoms with E-state index in [1.54, 1.807) is 0 Å². The summed E-state index contributed by atoms with van der Waals surface area (Å²) < 4.78 is 0. The first-order valence-corrected chi connectivity index (χ1v) is 35.3. The summed E-state index contributed by atoms with van der Waals surface area (Å²) >= 11 is 0. The van der Waals surface area contributed by atoms with E-state index in [0.717, 1.165) is 0 Å². The standard InChI is InChI=1S/C24H50S5.C24H50S3/c1-3-5-7-9-11-13-15-17-19-21-23-25-27-29-28-26-24-22-20-18-16-14-12-10-8-6-4-2;1-3-5-7-9-11-13-15-17-19-21-23-25-27-26-24-22-20-18-16-14-12-10-8-6-4-2/h3-24H2,1-2H3;3-24H2,1-2H3. The highest BCUT2D eigenvalue weighted by molar-refractivity contribution is 9.35. The number of hydrogen-bond donors (Lipinski definition) is 0. The number of hydrogen-bond acceptors (Lipinski definition) is 8. The Kier molecular flexibility index (Phi) is 67.5. The fraction of sp³-hybridized carbons (Fsp3) is 1.00. The summed E-state index contributed by atoms with van der Waals surface area (Å²) in [6, 6.07) is 0. The van der Waals surface area contributed by atoms with Gasteiger partial charge in [0, 0.05) is 23.0 Å². The molecule has 0 N–H and O–H groups in total. The Balaban J connectivity index is 0. The van der Waals surface area contributed by atoms with Crippen LogP contribution < -0.4 is 0 Å². The summed E-state index contributed by atoms with van der Waals surface area (Å²) in [6.07, 6.45) is 57.8. The van der Waals surface area contributed by atoms with Gasteiger partial charge in [-0.1, -0.05) is 302 Å². The topological polar surface area (TPSA) is 0 Å². The molecule has 0 aliphatic rings. The third-order valence-electron chi connectivity index (χ3n) is 10.6. The first kappa shape index (κ1) is 60.9. The molecule has 0 aromatic carbocycles. The summed E-state index contributed by atoms with van der Waals surface area (Å²) in [5.41, 5.74) is 0. The van der Waals surface area contributed by atoms with Crippen molar-refractivity contribution in [1.82, 2.24) is 0 Å². The zero-order chi connectivity index (χ0) is 40.8. The molecule has 0 aromatic heterocycles. The van der Waals surface area contributed by atoms with Crippen molar-refractivity contribution in [2.24, 2.45) is 0 Å². The second-order valence-corrected chi connectivity index (χ2v) is 28.8. The molecule has 0 bridgehead atoms. The van der Waals surface area contributed by atoms with Crippen molar-refractivity contribution in [3.8, 4) is 0 Å². The van der Waals surface area contributed by atoms with E-state index in [-0.39, 0.29) is 0 Å². The summed E-state index contributed by atoms with van der Waals surface area (Å²) in [4.78, 5) is 0. The molecule has 56 heavy (non-hydrogen) atoms. The van der Waals surface area contributed by atoms with E-state index in [1.807, 2.05) is 39.3 Å². The van der Waals surface area contributed by atoms with Gasteiger partial charge in [0.15, 0.2) is 0 Å². The molecule has 8 heteroatoms. The molecule has 0 atom stereocenters. The van der Waals surface area contributed by atoms with Crippen molar-refractivity contribution in [3.63, 3.8) is 0 Å². The minimum Gasteiger partial charge on any atom is -0.0826 e. The van der Waals surface area contributed by atoms with Crippen molar-refractivity contribution in [2.45, 2.75) is 285 Å². The molecule has 0 saturated carbocycles. The van der Waals surface area contributed by atoms with Crippen LogP contribution in [0.2, 0.25) is 0 Å². The molecule has 0 heterocycles. The first-order chi connectivity index (χ1) is 27.8. The van der Waals surface area contributed by atoms with Gasteiger partial charge in [-0.05, 0) is 65.0 Å². The van der Waals surface area contributed by atoms with E-state index in [1.165, 1.54) is 280 Å². The molecule has 0 aromatic rings. The van der Waals surface area contributed by atoms with Crippen LogP contribution >= 0.6 is 82.5 Å². The van der Waals surface area contributed by atoms with E-state index in [4.69, 9.17) is 0 Å². The average Bonchev–Trinajstić information content (AvgIpc) is 3.21. The Hall–Kier alpha value is 2.80. The van der Waals surface area contributed by atoms with Crippen molar-refractivity contribution >= 4 is 82.5 Å². The van der Waals surface area contributed by atoms with Crippen molar-refractivity contribution in [1.29, 1.82) is 0 Å². The molecule has 0 nitrogen and oxygen atoms in total. The molecular formula is C48H100S8. The molecule has 340 valence electrons. The molecule has 0 unspecified atom stereocenters.